The third-order valence-corrected chi connectivity index (χ3v) is 3.96. The van der Waals surface area contributed by atoms with E-state index in [1.165, 1.54) is 0 Å². The monoisotopic (exact) mass is 328 g/mol. The molecule has 2 aromatic carbocycles. The van der Waals surface area contributed by atoms with Gasteiger partial charge in [-0.25, -0.2) is 4.98 Å². The first-order chi connectivity index (χ1) is 11.2. The molecule has 0 N–H and O–H groups in total. The lowest BCUT2D eigenvalue weighted by Gasteiger charge is -2.10. The van der Waals surface area contributed by atoms with Gasteiger partial charge in [0.15, 0.2) is 0 Å². The largest absolute Gasteiger partial charge is 0.497 e. The van der Waals surface area contributed by atoms with Crippen LogP contribution in [-0.4, -0.2) is 23.8 Å². The van der Waals surface area contributed by atoms with E-state index in [9.17, 15) is 0 Å². The summed E-state index contributed by atoms with van der Waals surface area (Å²) in [7, 11) is 3.29. The number of benzene rings is 2. The molecule has 0 unspecified atom stereocenters. The average Bonchev–Trinajstić information content (AvgIpc) is 3.04. The Morgan fingerprint density at radius 3 is 2.65 bits per heavy atom. The van der Waals surface area contributed by atoms with Gasteiger partial charge < -0.3 is 14.0 Å². The van der Waals surface area contributed by atoms with Crippen molar-refractivity contribution in [3.8, 4) is 22.8 Å². The van der Waals surface area contributed by atoms with Gasteiger partial charge in [-0.15, -0.1) is 0 Å². The molecule has 0 saturated heterocycles. The number of hydrogen-bond donors (Lipinski definition) is 0. The van der Waals surface area contributed by atoms with Crippen LogP contribution in [0.3, 0.4) is 0 Å². The van der Waals surface area contributed by atoms with Crippen LogP contribution in [0, 0.1) is 0 Å². The van der Waals surface area contributed by atoms with E-state index in [4.69, 9.17) is 21.1 Å². The summed E-state index contributed by atoms with van der Waals surface area (Å²) in [6, 6.07) is 13.5. The summed E-state index contributed by atoms with van der Waals surface area (Å²) in [5.74, 6) is 1.56. The molecule has 3 rings (SSSR count). The fourth-order valence-corrected chi connectivity index (χ4v) is 2.67. The third-order valence-electron chi connectivity index (χ3n) is 3.63. The van der Waals surface area contributed by atoms with Gasteiger partial charge in [0.05, 0.1) is 37.8 Å². The van der Waals surface area contributed by atoms with Crippen LogP contribution in [0.4, 0.5) is 0 Å². The van der Waals surface area contributed by atoms with Gasteiger partial charge in [-0.05, 0) is 18.2 Å². The standard InChI is InChI=1S/C18H17ClN2O2/c1-22-14-8-7-13(18(9-14)23-2)10-21-11-17(20-12-21)15-5-3-4-6-16(15)19/h3-9,11-12H,10H2,1-2H3. The minimum Gasteiger partial charge on any atom is -0.497 e. The van der Waals surface area contributed by atoms with Crippen molar-refractivity contribution in [1.29, 1.82) is 0 Å². The van der Waals surface area contributed by atoms with E-state index in [0.29, 0.717) is 11.6 Å². The van der Waals surface area contributed by atoms with Crippen LogP contribution in [-0.2, 0) is 6.54 Å². The van der Waals surface area contributed by atoms with Crippen LogP contribution < -0.4 is 9.47 Å². The number of ether oxygens (including phenoxy) is 2. The number of nitrogens with zero attached hydrogens (tertiary/aromatic N) is 2. The van der Waals surface area contributed by atoms with E-state index >= 15 is 0 Å². The predicted molar refractivity (Wildman–Crippen MR) is 91.3 cm³/mol. The Kier molecular flexibility index (Phi) is 4.53. The minimum atomic E-state index is 0.657. The fourth-order valence-electron chi connectivity index (χ4n) is 2.43. The molecule has 0 amide bonds. The van der Waals surface area contributed by atoms with Crippen LogP contribution in [0.15, 0.2) is 55.0 Å². The van der Waals surface area contributed by atoms with Crippen LogP contribution in [0.1, 0.15) is 5.56 Å². The zero-order valence-corrected chi connectivity index (χ0v) is 13.7. The molecule has 0 aliphatic carbocycles. The summed E-state index contributed by atoms with van der Waals surface area (Å²) in [5, 5.41) is 0.694. The summed E-state index contributed by atoms with van der Waals surface area (Å²) in [5.41, 5.74) is 2.83. The fraction of sp³-hybridized carbons (Fsp3) is 0.167. The van der Waals surface area contributed by atoms with E-state index in [-0.39, 0.29) is 0 Å². The van der Waals surface area contributed by atoms with E-state index in [2.05, 4.69) is 4.98 Å². The molecule has 1 aromatic heterocycles. The first-order valence-electron chi connectivity index (χ1n) is 7.19. The topological polar surface area (TPSA) is 36.3 Å². The summed E-state index contributed by atoms with van der Waals surface area (Å²) >= 11 is 6.23. The molecule has 0 fully saturated rings. The zero-order valence-electron chi connectivity index (χ0n) is 13.0. The van der Waals surface area contributed by atoms with Gasteiger partial charge in [-0.2, -0.15) is 0 Å². The van der Waals surface area contributed by atoms with Crippen molar-refractivity contribution in [2.24, 2.45) is 0 Å². The molecule has 1 heterocycles. The van der Waals surface area contributed by atoms with Crippen molar-refractivity contribution in [2.75, 3.05) is 14.2 Å². The summed E-state index contributed by atoms with van der Waals surface area (Å²) in [6.45, 7) is 0.657. The number of aromatic nitrogens is 2. The Hall–Kier alpha value is -2.46. The van der Waals surface area contributed by atoms with Crippen molar-refractivity contribution < 1.29 is 9.47 Å². The highest BCUT2D eigenvalue weighted by atomic mass is 35.5. The van der Waals surface area contributed by atoms with E-state index in [0.717, 1.165) is 28.3 Å². The van der Waals surface area contributed by atoms with Gasteiger partial charge in [0.25, 0.3) is 0 Å². The molecular formula is C18H17ClN2O2. The van der Waals surface area contributed by atoms with Crippen LogP contribution in [0.5, 0.6) is 11.5 Å². The van der Waals surface area contributed by atoms with Crippen molar-refractivity contribution >= 4 is 11.6 Å². The first kappa shape index (κ1) is 15.4. The molecule has 0 aliphatic rings. The molecule has 3 aromatic rings. The SMILES string of the molecule is COc1ccc(Cn2cnc(-c3ccccc3Cl)c2)c(OC)c1. The Bertz CT molecular complexity index is 814. The van der Waals surface area contributed by atoms with E-state index in [1.54, 1.807) is 20.5 Å². The number of imidazole rings is 1. The number of methoxy groups -OCH3 is 2. The van der Waals surface area contributed by atoms with Crippen LogP contribution in [0.25, 0.3) is 11.3 Å². The predicted octanol–water partition coefficient (Wildman–Crippen LogP) is 4.27. The molecule has 23 heavy (non-hydrogen) atoms. The normalized spacial score (nSPS) is 10.6. The maximum Gasteiger partial charge on any atom is 0.127 e. The second-order valence-electron chi connectivity index (χ2n) is 5.09. The van der Waals surface area contributed by atoms with E-state index < -0.39 is 0 Å². The number of hydrogen-bond acceptors (Lipinski definition) is 3. The molecule has 0 saturated carbocycles. The summed E-state index contributed by atoms with van der Waals surface area (Å²) in [4.78, 5) is 4.45. The molecule has 0 atom stereocenters. The third kappa shape index (κ3) is 3.32. The summed E-state index contributed by atoms with van der Waals surface area (Å²) in [6.07, 6.45) is 3.77. The second kappa shape index (κ2) is 6.75. The average molecular weight is 329 g/mol. The Morgan fingerprint density at radius 1 is 1.09 bits per heavy atom. The minimum absolute atomic E-state index is 0.657. The van der Waals surface area contributed by atoms with Gasteiger partial charge in [0.2, 0.25) is 0 Å². The van der Waals surface area contributed by atoms with Gasteiger partial charge >= 0.3 is 0 Å². The highest BCUT2D eigenvalue weighted by Gasteiger charge is 2.09. The van der Waals surface area contributed by atoms with Crippen LogP contribution in [0.2, 0.25) is 5.02 Å². The molecule has 4 nitrogen and oxygen atoms in total. The Balaban J connectivity index is 1.86. The van der Waals surface area contributed by atoms with Gasteiger partial charge in [-0.3, -0.25) is 0 Å². The van der Waals surface area contributed by atoms with Crippen LogP contribution >= 0.6 is 11.6 Å². The van der Waals surface area contributed by atoms with E-state index in [1.807, 2.05) is 53.2 Å². The number of rotatable bonds is 5. The molecule has 0 spiro atoms. The van der Waals surface area contributed by atoms with Gasteiger partial charge in [0, 0.05) is 23.4 Å². The van der Waals surface area contributed by atoms with Crippen molar-refractivity contribution in [2.45, 2.75) is 6.54 Å². The lowest BCUT2D eigenvalue weighted by atomic mass is 10.1. The molecule has 118 valence electrons. The Labute approximate surface area is 140 Å². The Morgan fingerprint density at radius 2 is 1.91 bits per heavy atom. The lowest BCUT2D eigenvalue weighted by Crippen LogP contribution is -2.00. The van der Waals surface area contributed by atoms with Crippen molar-refractivity contribution in [3.05, 3.63) is 65.6 Å². The molecule has 0 aliphatic heterocycles. The van der Waals surface area contributed by atoms with Gasteiger partial charge in [-0.1, -0.05) is 29.8 Å². The second-order valence-corrected chi connectivity index (χ2v) is 5.50. The molecular weight excluding hydrogens is 312 g/mol. The lowest BCUT2D eigenvalue weighted by molar-refractivity contribution is 0.390. The highest BCUT2D eigenvalue weighted by molar-refractivity contribution is 6.33. The summed E-state index contributed by atoms with van der Waals surface area (Å²) < 4.78 is 12.7. The van der Waals surface area contributed by atoms with Crippen molar-refractivity contribution in [3.63, 3.8) is 0 Å². The quantitative estimate of drug-likeness (QED) is 0.701. The smallest absolute Gasteiger partial charge is 0.127 e. The zero-order chi connectivity index (χ0) is 16.2. The highest BCUT2D eigenvalue weighted by Crippen LogP contribution is 2.28. The molecule has 0 bridgehead atoms. The first-order valence-corrected chi connectivity index (χ1v) is 7.56. The van der Waals surface area contributed by atoms with Crippen molar-refractivity contribution in [1.82, 2.24) is 9.55 Å². The maximum absolute atomic E-state index is 6.23. The molecule has 0 radical (unpaired) electrons. The maximum atomic E-state index is 6.23. The number of halogens is 1. The van der Waals surface area contributed by atoms with Gasteiger partial charge in [0.1, 0.15) is 11.5 Å². The molecule has 5 heteroatoms.